The van der Waals surface area contributed by atoms with Crippen LogP contribution in [0.25, 0.3) is 5.69 Å². The van der Waals surface area contributed by atoms with Crippen molar-refractivity contribution in [3.8, 4) is 5.69 Å². The van der Waals surface area contributed by atoms with Crippen LogP contribution >= 0.6 is 0 Å². The molecule has 10 nitrogen and oxygen atoms in total. The number of benzene rings is 1. The molecule has 1 saturated carbocycles. The molecular weight excluding hydrogens is 529 g/mol. The Labute approximate surface area is 227 Å². The van der Waals surface area contributed by atoms with E-state index in [0.717, 1.165) is 17.3 Å². The molecule has 40 heavy (non-hydrogen) atoms. The van der Waals surface area contributed by atoms with Crippen molar-refractivity contribution >= 4 is 29.3 Å². The molecule has 13 heteroatoms. The van der Waals surface area contributed by atoms with Gasteiger partial charge in [0.2, 0.25) is 5.91 Å². The first-order valence-electron chi connectivity index (χ1n) is 12.9. The third-order valence-corrected chi connectivity index (χ3v) is 7.32. The predicted octanol–water partition coefficient (Wildman–Crippen LogP) is 3.69. The summed E-state index contributed by atoms with van der Waals surface area (Å²) in [5.74, 6) is -2.54. The Morgan fingerprint density at radius 3 is 2.27 bits per heavy atom. The third-order valence-electron chi connectivity index (χ3n) is 7.32. The Hall–Kier alpha value is -4.42. The van der Waals surface area contributed by atoms with Gasteiger partial charge in [-0.25, -0.2) is 9.67 Å². The molecule has 2 N–H and O–H groups in total. The van der Waals surface area contributed by atoms with Crippen molar-refractivity contribution in [1.29, 1.82) is 0 Å². The standard InChI is InChI=1S/C27H27F3N6O4/c28-27(29,30)23-21(16-36(33-23)18-5-2-1-3-6-18)24(37)32-17-9-10-22(31-15-17)34-11-13-35(14-12-34)25(38)19-7-4-8-20(19)26(39)40/h1-3,5-6,9-10,15-16,19-20H,4,7-8,11-14H2,(H,32,37)(H,39,40). The number of carbonyl (C=O) groups is 3. The molecule has 2 aromatic heterocycles. The first kappa shape index (κ1) is 27.2. The zero-order valence-electron chi connectivity index (χ0n) is 21.3. The number of carbonyl (C=O) groups excluding carboxylic acids is 2. The van der Waals surface area contributed by atoms with Crippen LogP contribution in [0.15, 0.2) is 54.9 Å². The number of amides is 2. The summed E-state index contributed by atoms with van der Waals surface area (Å²) in [6.07, 6.45) is -0.596. The van der Waals surface area contributed by atoms with Crippen LogP contribution in [0.3, 0.4) is 0 Å². The van der Waals surface area contributed by atoms with E-state index in [-0.39, 0.29) is 11.6 Å². The van der Waals surface area contributed by atoms with Gasteiger partial charge in [-0.2, -0.15) is 18.3 Å². The van der Waals surface area contributed by atoms with Crippen LogP contribution in [0.5, 0.6) is 0 Å². The molecule has 2 fully saturated rings. The van der Waals surface area contributed by atoms with E-state index >= 15 is 0 Å². The second kappa shape index (κ2) is 11.0. The van der Waals surface area contributed by atoms with Crippen LogP contribution in [0, 0.1) is 11.8 Å². The topological polar surface area (TPSA) is 121 Å². The summed E-state index contributed by atoms with van der Waals surface area (Å²) in [5.41, 5.74) is -1.32. The molecule has 0 radical (unpaired) electrons. The Kier molecular flexibility index (Phi) is 7.46. The van der Waals surface area contributed by atoms with Crippen LogP contribution < -0.4 is 10.2 Å². The number of aliphatic carboxylic acids is 1. The van der Waals surface area contributed by atoms with Crippen LogP contribution in [0.1, 0.15) is 35.3 Å². The van der Waals surface area contributed by atoms with E-state index in [1.165, 1.54) is 6.20 Å². The highest BCUT2D eigenvalue weighted by Gasteiger charge is 2.41. The van der Waals surface area contributed by atoms with Gasteiger partial charge in [-0.1, -0.05) is 24.6 Å². The summed E-state index contributed by atoms with van der Waals surface area (Å²) in [4.78, 5) is 45.2. The SMILES string of the molecule is O=C(Nc1ccc(N2CCN(C(=O)C3CCCC3C(=O)O)CC2)nc1)c1cn(-c2ccccc2)nc1C(F)(F)F. The van der Waals surface area contributed by atoms with Gasteiger partial charge in [0.15, 0.2) is 5.69 Å². The number of anilines is 2. The summed E-state index contributed by atoms with van der Waals surface area (Å²) in [5, 5.41) is 15.4. The number of para-hydroxylation sites is 1. The number of piperazine rings is 1. The summed E-state index contributed by atoms with van der Waals surface area (Å²) < 4.78 is 41.9. The molecule has 0 bridgehead atoms. The molecular formula is C27H27F3N6O4. The molecule has 3 heterocycles. The number of carboxylic acids is 1. The molecule has 1 aliphatic carbocycles. The van der Waals surface area contributed by atoms with Gasteiger partial charge in [-0.15, -0.1) is 0 Å². The monoisotopic (exact) mass is 556 g/mol. The second-order valence-electron chi connectivity index (χ2n) is 9.82. The van der Waals surface area contributed by atoms with Crippen LogP contribution in [-0.4, -0.2) is 68.7 Å². The van der Waals surface area contributed by atoms with E-state index in [4.69, 9.17) is 0 Å². The molecule has 2 unspecified atom stereocenters. The highest BCUT2D eigenvalue weighted by Crippen LogP contribution is 2.34. The average Bonchev–Trinajstić information content (AvgIpc) is 3.62. The fourth-order valence-corrected chi connectivity index (χ4v) is 5.25. The minimum absolute atomic E-state index is 0.121. The molecule has 1 saturated heterocycles. The smallest absolute Gasteiger partial charge is 0.435 e. The first-order chi connectivity index (χ1) is 19.1. The van der Waals surface area contributed by atoms with Crippen molar-refractivity contribution in [3.63, 3.8) is 0 Å². The molecule has 1 aromatic carbocycles. The van der Waals surface area contributed by atoms with Gasteiger partial charge in [0.1, 0.15) is 5.82 Å². The van der Waals surface area contributed by atoms with Gasteiger partial charge < -0.3 is 20.2 Å². The largest absolute Gasteiger partial charge is 0.481 e. The molecule has 2 atom stereocenters. The lowest BCUT2D eigenvalue weighted by Crippen LogP contribution is -2.51. The normalized spacial score (nSPS) is 19.5. The lowest BCUT2D eigenvalue weighted by molar-refractivity contribution is -0.149. The van der Waals surface area contributed by atoms with E-state index < -0.39 is 41.1 Å². The van der Waals surface area contributed by atoms with Crippen LogP contribution in [-0.2, 0) is 15.8 Å². The summed E-state index contributed by atoms with van der Waals surface area (Å²) in [6, 6.07) is 11.4. The predicted molar refractivity (Wildman–Crippen MR) is 138 cm³/mol. The minimum atomic E-state index is -4.83. The molecule has 2 aliphatic rings. The first-order valence-corrected chi connectivity index (χ1v) is 12.9. The Balaban J connectivity index is 1.22. The van der Waals surface area contributed by atoms with Crippen molar-refractivity contribution in [2.24, 2.45) is 11.8 Å². The summed E-state index contributed by atoms with van der Waals surface area (Å²) in [6.45, 7) is 1.83. The second-order valence-corrected chi connectivity index (χ2v) is 9.82. The van der Waals surface area contributed by atoms with E-state index in [9.17, 15) is 32.7 Å². The van der Waals surface area contributed by atoms with Gasteiger partial charge in [-0.3, -0.25) is 14.4 Å². The number of hydrogen-bond donors (Lipinski definition) is 2. The molecule has 210 valence electrons. The van der Waals surface area contributed by atoms with E-state index in [1.54, 1.807) is 47.4 Å². The fourth-order valence-electron chi connectivity index (χ4n) is 5.25. The number of nitrogens with zero attached hydrogens (tertiary/aromatic N) is 5. The number of hydrogen-bond acceptors (Lipinski definition) is 6. The number of aromatic nitrogens is 3. The van der Waals surface area contributed by atoms with Gasteiger partial charge in [-0.05, 0) is 37.1 Å². The van der Waals surface area contributed by atoms with Crippen molar-refractivity contribution in [1.82, 2.24) is 19.7 Å². The third kappa shape index (κ3) is 5.63. The molecule has 5 rings (SSSR count). The Morgan fingerprint density at radius 2 is 1.65 bits per heavy atom. The van der Waals surface area contributed by atoms with Crippen molar-refractivity contribution < 1.29 is 32.7 Å². The zero-order chi connectivity index (χ0) is 28.4. The average molecular weight is 557 g/mol. The highest BCUT2D eigenvalue weighted by molar-refractivity contribution is 6.05. The Bertz CT molecular complexity index is 1390. The minimum Gasteiger partial charge on any atom is -0.481 e. The number of rotatable bonds is 6. The molecule has 1 aliphatic heterocycles. The molecule has 3 aromatic rings. The number of carboxylic acid groups (broad SMARTS) is 1. The summed E-state index contributed by atoms with van der Waals surface area (Å²) >= 11 is 0. The molecule has 2 amide bonds. The Morgan fingerprint density at radius 1 is 0.950 bits per heavy atom. The van der Waals surface area contributed by atoms with E-state index in [0.29, 0.717) is 50.5 Å². The van der Waals surface area contributed by atoms with Crippen molar-refractivity contribution in [3.05, 3.63) is 66.1 Å². The number of pyridine rings is 1. The van der Waals surface area contributed by atoms with Gasteiger partial charge in [0.05, 0.1) is 35.0 Å². The maximum Gasteiger partial charge on any atom is 0.435 e. The zero-order valence-corrected chi connectivity index (χ0v) is 21.3. The summed E-state index contributed by atoms with van der Waals surface area (Å²) in [7, 11) is 0. The maximum atomic E-state index is 13.6. The number of nitrogens with one attached hydrogen (secondary N) is 1. The number of alkyl halides is 3. The van der Waals surface area contributed by atoms with Gasteiger partial charge >= 0.3 is 12.1 Å². The van der Waals surface area contributed by atoms with E-state index in [2.05, 4.69) is 15.4 Å². The quantitative estimate of drug-likeness (QED) is 0.475. The lowest BCUT2D eigenvalue weighted by atomic mass is 9.94. The number of halogens is 3. The van der Waals surface area contributed by atoms with E-state index in [1.807, 2.05) is 4.90 Å². The van der Waals surface area contributed by atoms with Crippen molar-refractivity contribution in [2.75, 3.05) is 36.4 Å². The maximum absolute atomic E-state index is 13.6. The lowest BCUT2D eigenvalue weighted by Gasteiger charge is -2.37. The fraction of sp³-hybridized carbons (Fsp3) is 0.370. The molecule has 0 spiro atoms. The van der Waals surface area contributed by atoms with Crippen LogP contribution in [0.2, 0.25) is 0 Å². The highest BCUT2D eigenvalue weighted by atomic mass is 19.4. The van der Waals surface area contributed by atoms with Gasteiger partial charge in [0.25, 0.3) is 5.91 Å². The van der Waals surface area contributed by atoms with Gasteiger partial charge in [0, 0.05) is 32.4 Å². The van der Waals surface area contributed by atoms with Crippen LogP contribution in [0.4, 0.5) is 24.7 Å². The van der Waals surface area contributed by atoms with Crippen molar-refractivity contribution in [2.45, 2.75) is 25.4 Å².